The average Bonchev–Trinajstić information content (AvgIpc) is 1.07. The number of esters is 4. The van der Waals surface area contributed by atoms with Crippen LogP contribution in [0.1, 0.15) is 53.4 Å². The summed E-state index contributed by atoms with van der Waals surface area (Å²) in [4.78, 5) is 51.4. The van der Waals surface area contributed by atoms with Gasteiger partial charge in [0.15, 0.2) is 0 Å². The molecule has 0 aliphatic rings. The molecule has 0 saturated carbocycles. The molecule has 2 N–H and O–H groups in total. The quantitative estimate of drug-likeness (QED) is 0.0251. The fourth-order valence-corrected chi connectivity index (χ4v) is 69.7. The van der Waals surface area contributed by atoms with Gasteiger partial charge in [0.05, 0.1) is 39.3 Å². The summed E-state index contributed by atoms with van der Waals surface area (Å²) in [5.74, 6) is -2.26. The maximum Gasteiger partial charge on any atom is 0.488 e. The van der Waals surface area contributed by atoms with E-state index in [0.717, 1.165) is 0 Å². The highest BCUT2D eigenvalue weighted by atomic mass is 28.5. The molecule has 0 amide bonds. The molecule has 0 aliphatic heterocycles. The molecule has 0 rings (SSSR count). The van der Waals surface area contributed by atoms with E-state index in [1.165, 1.54) is 14.2 Å². The Kier molecular flexibility index (Phi) is 38.1. The van der Waals surface area contributed by atoms with Crippen molar-refractivity contribution in [3.05, 3.63) is 0 Å². The molecule has 0 aliphatic carbocycles. The van der Waals surface area contributed by atoms with E-state index in [2.05, 4.69) is 10.6 Å². The van der Waals surface area contributed by atoms with Crippen molar-refractivity contribution in [3.8, 4) is 0 Å². The minimum atomic E-state index is -3.88. The van der Waals surface area contributed by atoms with Crippen LogP contribution in [0.4, 0.5) is 0 Å². The van der Waals surface area contributed by atoms with Gasteiger partial charge in [-0.25, -0.2) is 0 Å². The Bertz CT molecular complexity index is 1990. The summed E-state index contributed by atoms with van der Waals surface area (Å²) in [5.41, 5.74) is 0. The number of hydrogen-bond acceptors (Lipinski definition) is 28. The number of ether oxygens (including phenoxy) is 4. The fraction of sp³-hybridized carbons (Fsp3) is 0.917. The molecule has 0 bridgehead atoms. The first kappa shape index (κ1) is 88.9. The molecule has 4 unspecified atom stereocenters. The van der Waals surface area contributed by atoms with Gasteiger partial charge in [0.1, 0.15) is 12.1 Å². The van der Waals surface area contributed by atoms with Crippen molar-refractivity contribution >= 4 is 136 Å². The summed E-state index contributed by atoms with van der Waals surface area (Å²) >= 11 is 0. The van der Waals surface area contributed by atoms with Gasteiger partial charge in [0.2, 0.25) is 0 Å². The highest BCUT2D eigenvalue weighted by Crippen LogP contribution is 2.35. The second-order valence-electron chi connectivity index (χ2n) is 24.9. The normalized spacial score (nSPS) is 15.9. The van der Waals surface area contributed by atoms with Crippen LogP contribution >= 0.6 is 0 Å². The van der Waals surface area contributed by atoms with Crippen molar-refractivity contribution in [3.63, 3.8) is 0 Å². The second kappa shape index (κ2) is 38.2. The third-order valence-electron chi connectivity index (χ3n) is 12.1. The van der Waals surface area contributed by atoms with E-state index in [1.807, 2.05) is 118 Å². The average molecular weight is 1500 g/mol. The molecule has 41 heteroatoms. The Hall–Kier alpha value is -0.101. The smallest absolute Gasteiger partial charge is 0.466 e. The molecule has 0 saturated heterocycles. The molecular formula is C48H118N2O26Si13. The highest BCUT2D eigenvalue weighted by molar-refractivity contribution is 6.93. The Morgan fingerprint density at radius 3 is 0.719 bits per heavy atom. The molecule has 0 radical (unpaired) electrons. The minimum absolute atomic E-state index is 0.126. The first-order valence-electron chi connectivity index (χ1n) is 30.3. The lowest BCUT2D eigenvalue weighted by atomic mass is 10.2. The predicted octanol–water partition coefficient (Wildman–Crippen LogP) is 8.12. The van der Waals surface area contributed by atoms with Gasteiger partial charge < -0.3 is 106 Å². The molecule has 0 heterocycles. The largest absolute Gasteiger partial charge is 0.488 e. The minimum Gasteiger partial charge on any atom is -0.466 e. The summed E-state index contributed by atoms with van der Waals surface area (Å²) in [7, 11) is -33.2. The van der Waals surface area contributed by atoms with E-state index in [9.17, 15) is 19.2 Å². The predicted molar refractivity (Wildman–Crippen MR) is 365 cm³/mol. The molecule has 89 heavy (non-hydrogen) atoms. The molecule has 0 aromatic carbocycles. The Morgan fingerprint density at radius 2 is 0.517 bits per heavy atom. The third kappa shape index (κ3) is 36.2. The van der Waals surface area contributed by atoms with Crippen LogP contribution in [0.15, 0.2) is 0 Å². The van der Waals surface area contributed by atoms with Crippen LogP contribution in [-0.2, 0) is 114 Å². The molecule has 528 valence electrons. The topological polar surface area (TPSA) is 295 Å². The van der Waals surface area contributed by atoms with E-state index in [-0.39, 0.29) is 64.4 Å². The van der Waals surface area contributed by atoms with E-state index in [0.29, 0.717) is 12.8 Å². The van der Waals surface area contributed by atoms with Crippen molar-refractivity contribution in [1.29, 1.82) is 0 Å². The third-order valence-corrected chi connectivity index (χ3v) is 61.6. The van der Waals surface area contributed by atoms with Gasteiger partial charge in [-0.2, -0.15) is 0 Å². The van der Waals surface area contributed by atoms with Gasteiger partial charge in [-0.3, -0.25) is 19.2 Å². The molecule has 4 atom stereocenters. The number of carbonyl (C=O) groups is 4. The van der Waals surface area contributed by atoms with E-state index in [1.54, 1.807) is 69.2 Å². The van der Waals surface area contributed by atoms with Gasteiger partial charge >= 0.3 is 136 Å². The summed E-state index contributed by atoms with van der Waals surface area (Å²) < 4.78 is 140. The zero-order valence-corrected chi connectivity index (χ0v) is 72.8. The van der Waals surface area contributed by atoms with Gasteiger partial charge in [-0.1, -0.05) is 0 Å². The molecule has 0 aromatic heterocycles. The summed E-state index contributed by atoms with van der Waals surface area (Å²) in [5, 5.41) is 6.37. The molecule has 28 nitrogen and oxygen atoms in total. The van der Waals surface area contributed by atoms with E-state index >= 15 is 0 Å². The Morgan fingerprint density at radius 1 is 0.303 bits per heavy atom. The number of nitrogens with one attached hydrogen (secondary N) is 2. The van der Waals surface area contributed by atoms with Crippen molar-refractivity contribution in [2.75, 3.05) is 82.2 Å². The lowest BCUT2D eigenvalue weighted by Crippen LogP contribution is -2.65. The van der Waals surface area contributed by atoms with Gasteiger partial charge in [0.25, 0.3) is 0 Å². The first-order chi connectivity index (χ1) is 40.4. The van der Waals surface area contributed by atoms with Crippen LogP contribution < -0.4 is 10.6 Å². The van der Waals surface area contributed by atoms with Gasteiger partial charge in [-0.05, 0) is 171 Å². The molecule has 0 fully saturated rings. The zero-order valence-electron chi connectivity index (χ0n) is 59.8. The number of hydrogen-bond donors (Lipinski definition) is 2. The Balaban J connectivity index is 7.48. The van der Waals surface area contributed by atoms with Crippen molar-refractivity contribution in [2.45, 2.75) is 208 Å². The molecular weight excluding hydrogens is 1390 g/mol. The summed E-state index contributed by atoms with van der Waals surface area (Å²) in [6, 6.07) is -1.48. The lowest BCUT2D eigenvalue weighted by molar-refractivity contribution is -0.152. The van der Waals surface area contributed by atoms with Crippen molar-refractivity contribution in [2.24, 2.45) is 0 Å². The van der Waals surface area contributed by atoms with Crippen LogP contribution in [0.25, 0.3) is 0 Å². The van der Waals surface area contributed by atoms with Crippen LogP contribution in [0.5, 0.6) is 0 Å². The number of carbonyl (C=O) groups excluding carboxylic acids is 4. The van der Waals surface area contributed by atoms with Gasteiger partial charge in [-0.15, -0.1) is 0 Å². The zero-order chi connectivity index (χ0) is 69.4. The maximum absolute atomic E-state index is 13.1. The molecule has 0 aromatic rings. The van der Waals surface area contributed by atoms with Crippen LogP contribution in [0, 0.1) is 0 Å². The number of rotatable bonds is 50. The highest BCUT2D eigenvalue weighted by Gasteiger charge is 2.58. The van der Waals surface area contributed by atoms with Gasteiger partial charge in [0, 0.05) is 67.8 Å². The van der Waals surface area contributed by atoms with Crippen molar-refractivity contribution in [1.82, 2.24) is 10.6 Å². The monoisotopic (exact) mass is 1500 g/mol. The van der Waals surface area contributed by atoms with E-state index < -0.39 is 148 Å². The summed E-state index contributed by atoms with van der Waals surface area (Å²) in [6.07, 6.45) is 0.267. The lowest BCUT2D eigenvalue weighted by Gasteiger charge is -2.46. The molecule has 0 spiro atoms. The SMILES string of the molecule is CCOC(=O)CC(NCCC[Si](OC)(O[Si](C)(C)O[Si](C)(C)O[Si](C)(C)O[Si](C)(OC)OC)O[Si](C)(C)O[Si](C)(C)O[Si](C)(C)O[Si](CCCNC(CC(=O)OCC)C(=O)OCC)(OC)O[Si](C)(C)O[Si](C)(C)O[Si](C)(C)O[Si](C)(OC)OC)C(=O)OCC. The standard InChI is InChI=1S/C48H118N2O26Si13/c1-31-61-45(51)41-43(47(53)63-33-3)49-37-35-39-88(59-9,73-82(21,22)67-77(11,12)65-80(17,18)71-86(29,55-5)56-6)75-84(25,26)69-79(15,16)70-85(27,28)76-89(60-10,40-36-38-50-44(48(54)64-34-4)42-46(52)62-32-2)74-83(23,24)68-78(13,14)66-81(19,20)72-87(30,57-7)58-8/h43-44,49-50H,31-42H2,1-30H3. The second-order valence-corrected chi connectivity index (χ2v) is 69.5. The van der Waals surface area contributed by atoms with E-state index in [4.69, 9.17) is 94.9 Å². The van der Waals surface area contributed by atoms with Crippen LogP contribution in [-0.4, -0.2) is 230 Å². The van der Waals surface area contributed by atoms with Crippen LogP contribution in [0.2, 0.25) is 143 Å². The Labute approximate surface area is 548 Å². The van der Waals surface area contributed by atoms with Crippen molar-refractivity contribution < 1.29 is 114 Å². The first-order valence-corrected chi connectivity index (χ1v) is 63.9. The van der Waals surface area contributed by atoms with Crippen LogP contribution in [0.3, 0.4) is 0 Å². The fourth-order valence-electron chi connectivity index (χ4n) is 9.98. The maximum atomic E-state index is 13.1. The summed E-state index contributed by atoms with van der Waals surface area (Å²) in [6.45, 7) is 45.8.